The summed E-state index contributed by atoms with van der Waals surface area (Å²) in [6, 6.07) is 7.92. The molecule has 0 N–H and O–H groups in total. The second-order valence-electron chi connectivity index (χ2n) is 5.11. The van der Waals surface area contributed by atoms with E-state index >= 15 is 0 Å². The zero-order valence-electron chi connectivity index (χ0n) is 12.1. The molecule has 2 aromatic rings. The van der Waals surface area contributed by atoms with E-state index < -0.39 is 0 Å². The number of benzene rings is 1. The molecule has 4 heteroatoms. The lowest BCUT2D eigenvalue weighted by Gasteiger charge is -2.03. The third-order valence-corrected chi connectivity index (χ3v) is 4.16. The summed E-state index contributed by atoms with van der Waals surface area (Å²) in [6.45, 7) is 4.05. The van der Waals surface area contributed by atoms with Crippen molar-refractivity contribution < 1.29 is 4.79 Å². The number of nitrogens with zero attached hydrogens (tertiary/aromatic N) is 2. The number of ketones is 1. The summed E-state index contributed by atoms with van der Waals surface area (Å²) in [5.41, 5.74) is 4.45. The molecule has 1 aromatic carbocycles. The van der Waals surface area contributed by atoms with E-state index in [1.807, 2.05) is 42.9 Å². The van der Waals surface area contributed by atoms with Crippen LogP contribution in [0.1, 0.15) is 28.9 Å². The van der Waals surface area contributed by atoms with Gasteiger partial charge in [0.1, 0.15) is 5.78 Å². The minimum atomic E-state index is 0.273. The first-order valence-electron chi connectivity index (χ1n) is 6.72. The minimum Gasteiger partial charge on any atom is -0.299 e. The molecule has 0 aliphatic carbocycles. The molecule has 20 heavy (non-hydrogen) atoms. The van der Waals surface area contributed by atoms with Crippen LogP contribution in [0.2, 0.25) is 0 Å². The topological polar surface area (TPSA) is 34.9 Å². The number of hydrogen-bond donors (Lipinski definition) is 0. The quantitative estimate of drug-likeness (QED) is 0.838. The number of carbonyl (C=O) groups excluding carboxylic acids is 1. The fourth-order valence-electron chi connectivity index (χ4n) is 2.36. The maximum Gasteiger partial charge on any atom is 0.137 e. The standard InChI is InChI=1S/C16H19BrN2O/c1-11-16(12(2)19(3)18-11)9-8-15(20)10-13-4-6-14(17)7-5-13/h4-7H,8-10H2,1-3H3. The van der Waals surface area contributed by atoms with Gasteiger partial charge in [0.15, 0.2) is 0 Å². The predicted octanol–water partition coefficient (Wildman–Crippen LogP) is 3.54. The molecular weight excluding hydrogens is 316 g/mol. The number of aromatic nitrogens is 2. The molecule has 0 fully saturated rings. The van der Waals surface area contributed by atoms with E-state index in [-0.39, 0.29) is 5.78 Å². The van der Waals surface area contributed by atoms with Gasteiger partial charge in [0.25, 0.3) is 0 Å². The van der Waals surface area contributed by atoms with Crippen molar-refractivity contribution in [3.63, 3.8) is 0 Å². The molecule has 0 spiro atoms. The van der Waals surface area contributed by atoms with Crippen LogP contribution in [0.3, 0.4) is 0 Å². The van der Waals surface area contributed by atoms with Crippen LogP contribution in [-0.4, -0.2) is 15.6 Å². The lowest BCUT2D eigenvalue weighted by atomic mass is 10.0. The van der Waals surface area contributed by atoms with Crippen LogP contribution < -0.4 is 0 Å². The molecule has 0 aliphatic rings. The van der Waals surface area contributed by atoms with Gasteiger partial charge in [-0.15, -0.1) is 0 Å². The Kier molecular flexibility index (Phi) is 4.76. The summed E-state index contributed by atoms with van der Waals surface area (Å²) >= 11 is 3.40. The SMILES string of the molecule is Cc1nn(C)c(C)c1CCC(=O)Cc1ccc(Br)cc1. The average Bonchev–Trinajstić information content (AvgIpc) is 2.64. The Morgan fingerprint density at radius 2 is 1.90 bits per heavy atom. The van der Waals surface area contributed by atoms with Crippen molar-refractivity contribution in [2.24, 2.45) is 7.05 Å². The van der Waals surface area contributed by atoms with Gasteiger partial charge in [0, 0.05) is 30.1 Å². The number of rotatable bonds is 5. The third kappa shape index (κ3) is 3.57. The van der Waals surface area contributed by atoms with E-state index in [4.69, 9.17) is 0 Å². The van der Waals surface area contributed by atoms with Crippen LogP contribution in [0.4, 0.5) is 0 Å². The Bertz CT molecular complexity index is 614. The molecule has 0 bridgehead atoms. The number of hydrogen-bond acceptors (Lipinski definition) is 2. The van der Waals surface area contributed by atoms with Crippen molar-refractivity contribution in [1.29, 1.82) is 0 Å². The Labute approximate surface area is 128 Å². The van der Waals surface area contributed by atoms with Gasteiger partial charge in [-0.1, -0.05) is 28.1 Å². The summed E-state index contributed by atoms with van der Waals surface area (Å²) < 4.78 is 2.92. The van der Waals surface area contributed by atoms with Crippen molar-refractivity contribution in [3.8, 4) is 0 Å². The lowest BCUT2D eigenvalue weighted by molar-refractivity contribution is -0.118. The predicted molar refractivity (Wildman–Crippen MR) is 83.9 cm³/mol. The monoisotopic (exact) mass is 334 g/mol. The number of Topliss-reactive ketones (excluding diaryl/α,β-unsaturated/α-hetero) is 1. The molecule has 0 atom stereocenters. The number of carbonyl (C=O) groups is 1. The van der Waals surface area contributed by atoms with Crippen LogP contribution >= 0.6 is 15.9 Å². The Balaban J connectivity index is 1.94. The number of halogens is 1. The van der Waals surface area contributed by atoms with Gasteiger partial charge in [-0.2, -0.15) is 5.10 Å². The van der Waals surface area contributed by atoms with E-state index in [9.17, 15) is 4.79 Å². The van der Waals surface area contributed by atoms with Crippen molar-refractivity contribution in [3.05, 3.63) is 51.3 Å². The second kappa shape index (κ2) is 6.35. The van der Waals surface area contributed by atoms with Gasteiger partial charge in [0.2, 0.25) is 0 Å². The summed E-state index contributed by atoms with van der Waals surface area (Å²) in [5, 5.41) is 4.38. The number of aryl methyl sites for hydroxylation is 2. The van der Waals surface area contributed by atoms with Crippen LogP contribution in [0.5, 0.6) is 0 Å². The highest BCUT2D eigenvalue weighted by Gasteiger charge is 2.11. The molecule has 0 radical (unpaired) electrons. The largest absolute Gasteiger partial charge is 0.299 e. The first-order chi connectivity index (χ1) is 9.47. The maximum absolute atomic E-state index is 12.1. The van der Waals surface area contributed by atoms with Crippen LogP contribution in [-0.2, 0) is 24.7 Å². The van der Waals surface area contributed by atoms with Crippen LogP contribution in [0.15, 0.2) is 28.7 Å². The molecule has 0 amide bonds. The molecule has 0 saturated carbocycles. The third-order valence-electron chi connectivity index (χ3n) is 3.63. The van der Waals surface area contributed by atoms with Crippen LogP contribution in [0.25, 0.3) is 0 Å². The van der Waals surface area contributed by atoms with E-state index in [2.05, 4.69) is 28.0 Å². The summed E-state index contributed by atoms with van der Waals surface area (Å²) in [4.78, 5) is 12.1. The van der Waals surface area contributed by atoms with Crippen molar-refractivity contribution in [2.45, 2.75) is 33.1 Å². The van der Waals surface area contributed by atoms with E-state index in [1.54, 1.807) is 0 Å². The first-order valence-corrected chi connectivity index (χ1v) is 7.52. The lowest BCUT2D eigenvalue weighted by Crippen LogP contribution is -2.05. The molecule has 0 saturated heterocycles. The Morgan fingerprint density at radius 3 is 2.45 bits per heavy atom. The zero-order chi connectivity index (χ0) is 14.7. The smallest absolute Gasteiger partial charge is 0.137 e. The average molecular weight is 335 g/mol. The normalized spacial score (nSPS) is 10.8. The van der Waals surface area contributed by atoms with Gasteiger partial charge >= 0.3 is 0 Å². The van der Waals surface area contributed by atoms with Gasteiger partial charge in [-0.25, -0.2) is 0 Å². The maximum atomic E-state index is 12.1. The first kappa shape index (κ1) is 15.0. The van der Waals surface area contributed by atoms with Gasteiger partial charge in [-0.05, 0) is 43.5 Å². The molecule has 1 aromatic heterocycles. The van der Waals surface area contributed by atoms with Crippen molar-refractivity contribution >= 4 is 21.7 Å². The second-order valence-corrected chi connectivity index (χ2v) is 6.03. The highest BCUT2D eigenvalue weighted by molar-refractivity contribution is 9.10. The van der Waals surface area contributed by atoms with Crippen molar-refractivity contribution in [2.75, 3.05) is 0 Å². The van der Waals surface area contributed by atoms with Crippen LogP contribution in [0, 0.1) is 13.8 Å². The highest BCUT2D eigenvalue weighted by atomic mass is 79.9. The zero-order valence-corrected chi connectivity index (χ0v) is 13.7. The van der Waals surface area contributed by atoms with Gasteiger partial charge < -0.3 is 0 Å². The van der Waals surface area contributed by atoms with Gasteiger partial charge in [-0.3, -0.25) is 9.48 Å². The molecular formula is C16H19BrN2O. The van der Waals surface area contributed by atoms with Gasteiger partial charge in [0.05, 0.1) is 5.69 Å². The molecule has 106 valence electrons. The molecule has 1 heterocycles. The molecule has 0 unspecified atom stereocenters. The van der Waals surface area contributed by atoms with E-state index in [1.165, 1.54) is 5.56 Å². The Hall–Kier alpha value is -1.42. The summed E-state index contributed by atoms with van der Waals surface area (Å²) in [7, 11) is 1.94. The Morgan fingerprint density at radius 1 is 1.25 bits per heavy atom. The fraction of sp³-hybridized carbons (Fsp3) is 0.375. The van der Waals surface area contributed by atoms with E-state index in [0.29, 0.717) is 12.8 Å². The molecule has 2 rings (SSSR count). The van der Waals surface area contributed by atoms with Crippen molar-refractivity contribution in [1.82, 2.24) is 9.78 Å². The summed E-state index contributed by atoms with van der Waals surface area (Å²) in [5.74, 6) is 0.273. The summed E-state index contributed by atoms with van der Waals surface area (Å²) in [6.07, 6.45) is 1.86. The fourth-order valence-corrected chi connectivity index (χ4v) is 2.63. The highest BCUT2D eigenvalue weighted by Crippen LogP contribution is 2.16. The van der Waals surface area contributed by atoms with E-state index in [0.717, 1.165) is 27.8 Å². The minimum absolute atomic E-state index is 0.273. The molecule has 3 nitrogen and oxygen atoms in total. The molecule has 0 aliphatic heterocycles.